The third-order valence-corrected chi connectivity index (χ3v) is 4.35. The molecule has 0 saturated heterocycles. The average molecular weight is 290 g/mol. The largest absolute Gasteiger partial charge is 0.290 e. The molecule has 102 valence electrons. The van der Waals surface area contributed by atoms with Crippen LogP contribution < -0.4 is 0 Å². The summed E-state index contributed by atoms with van der Waals surface area (Å²) in [6.45, 7) is 0. The molecule has 0 amide bonds. The summed E-state index contributed by atoms with van der Waals surface area (Å²) in [6, 6.07) is 21.0. The first-order chi connectivity index (χ1) is 10.4. The van der Waals surface area contributed by atoms with E-state index < -0.39 is 0 Å². The van der Waals surface area contributed by atoms with Gasteiger partial charge in [-0.05, 0) is 5.56 Å². The molecule has 2 heterocycles. The smallest absolute Gasteiger partial charge is 0.194 e. The molecule has 0 N–H and O–H groups in total. The molecule has 0 saturated carbocycles. The Kier molecular flexibility index (Phi) is 3.05. The molecule has 4 rings (SSSR count). The van der Waals surface area contributed by atoms with Crippen molar-refractivity contribution in [2.45, 2.75) is 6.42 Å². The number of thiazole rings is 1. The first-order valence-corrected chi connectivity index (χ1v) is 7.83. The SMILES string of the molecule is c1ccc(Cc2nc3sccn3c2-c2ccccc2)cc1. The molecule has 3 heteroatoms. The van der Waals surface area contributed by atoms with Crippen molar-refractivity contribution >= 4 is 16.3 Å². The summed E-state index contributed by atoms with van der Waals surface area (Å²) in [5, 5.41) is 2.08. The predicted molar refractivity (Wildman–Crippen MR) is 87.8 cm³/mol. The highest BCUT2D eigenvalue weighted by Gasteiger charge is 2.14. The summed E-state index contributed by atoms with van der Waals surface area (Å²) in [5.74, 6) is 0. The summed E-state index contributed by atoms with van der Waals surface area (Å²) < 4.78 is 2.19. The maximum atomic E-state index is 4.83. The number of hydrogen-bond acceptors (Lipinski definition) is 2. The van der Waals surface area contributed by atoms with E-state index in [1.165, 1.54) is 16.8 Å². The zero-order valence-corrected chi connectivity index (χ0v) is 12.3. The van der Waals surface area contributed by atoms with Gasteiger partial charge in [0.15, 0.2) is 4.96 Å². The van der Waals surface area contributed by atoms with Crippen molar-refractivity contribution in [1.29, 1.82) is 0 Å². The van der Waals surface area contributed by atoms with Gasteiger partial charge in [-0.15, -0.1) is 11.3 Å². The molecule has 0 spiro atoms. The number of rotatable bonds is 3. The minimum absolute atomic E-state index is 0.861. The van der Waals surface area contributed by atoms with Crippen molar-refractivity contribution in [1.82, 2.24) is 9.38 Å². The van der Waals surface area contributed by atoms with Crippen LogP contribution in [-0.2, 0) is 6.42 Å². The molecule has 2 nitrogen and oxygen atoms in total. The third kappa shape index (κ3) is 2.26. The Bertz CT molecular complexity index is 860. The van der Waals surface area contributed by atoms with Gasteiger partial charge in [-0.1, -0.05) is 60.7 Å². The zero-order valence-electron chi connectivity index (χ0n) is 11.4. The molecule has 0 aliphatic rings. The van der Waals surface area contributed by atoms with Crippen molar-refractivity contribution in [3.63, 3.8) is 0 Å². The molecule has 21 heavy (non-hydrogen) atoms. The third-order valence-electron chi connectivity index (χ3n) is 3.60. The second kappa shape index (κ2) is 5.19. The summed E-state index contributed by atoms with van der Waals surface area (Å²) in [6.07, 6.45) is 2.96. The van der Waals surface area contributed by atoms with Gasteiger partial charge in [-0.25, -0.2) is 4.98 Å². The van der Waals surface area contributed by atoms with Gasteiger partial charge in [0.05, 0.1) is 11.4 Å². The fourth-order valence-electron chi connectivity index (χ4n) is 2.64. The number of hydrogen-bond donors (Lipinski definition) is 0. The van der Waals surface area contributed by atoms with Crippen LogP contribution in [0.4, 0.5) is 0 Å². The highest BCUT2D eigenvalue weighted by Crippen LogP contribution is 2.28. The van der Waals surface area contributed by atoms with Crippen LogP contribution in [-0.4, -0.2) is 9.38 Å². The average Bonchev–Trinajstić information content (AvgIpc) is 3.09. The summed E-state index contributed by atoms with van der Waals surface area (Å²) in [4.78, 5) is 5.88. The molecule has 4 aromatic rings. The predicted octanol–water partition coefficient (Wildman–Crippen LogP) is 4.65. The molecule has 2 aromatic heterocycles. The van der Waals surface area contributed by atoms with E-state index in [-0.39, 0.29) is 0 Å². The number of imidazole rings is 1. The molecule has 0 aliphatic heterocycles. The Morgan fingerprint density at radius 1 is 0.905 bits per heavy atom. The minimum atomic E-state index is 0.861. The maximum absolute atomic E-state index is 4.83. The van der Waals surface area contributed by atoms with Gasteiger partial charge in [-0.3, -0.25) is 4.40 Å². The van der Waals surface area contributed by atoms with E-state index in [1.54, 1.807) is 11.3 Å². The van der Waals surface area contributed by atoms with E-state index in [1.807, 2.05) is 12.1 Å². The number of fused-ring (bicyclic) bond motifs is 1. The maximum Gasteiger partial charge on any atom is 0.194 e. The lowest BCUT2D eigenvalue weighted by atomic mass is 10.0. The summed E-state index contributed by atoms with van der Waals surface area (Å²) in [7, 11) is 0. The van der Waals surface area contributed by atoms with Crippen LogP contribution in [0.2, 0.25) is 0 Å². The lowest BCUT2D eigenvalue weighted by molar-refractivity contribution is 1.12. The van der Waals surface area contributed by atoms with Crippen LogP contribution in [0.3, 0.4) is 0 Å². The normalized spacial score (nSPS) is 11.0. The van der Waals surface area contributed by atoms with Gasteiger partial charge in [0.2, 0.25) is 0 Å². The van der Waals surface area contributed by atoms with Crippen LogP contribution in [0, 0.1) is 0 Å². The second-order valence-corrected chi connectivity index (χ2v) is 5.86. The molecule has 0 unspecified atom stereocenters. The van der Waals surface area contributed by atoms with Crippen molar-refractivity contribution in [3.05, 3.63) is 83.5 Å². The summed E-state index contributed by atoms with van der Waals surface area (Å²) in [5.41, 5.74) is 4.85. The molecular weight excluding hydrogens is 276 g/mol. The Hall–Kier alpha value is -2.39. The van der Waals surface area contributed by atoms with Gasteiger partial charge < -0.3 is 0 Å². The minimum Gasteiger partial charge on any atom is -0.290 e. The van der Waals surface area contributed by atoms with Crippen LogP contribution in [0.15, 0.2) is 72.2 Å². The Morgan fingerprint density at radius 3 is 2.38 bits per heavy atom. The van der Waals surface area contributed by atoms with E-state index in [0.29, 0.717) is 0 Å². The fourth-order valence-corrected chi connectivity index (χ4v) is 3.38. The monoisotopic (exact) mass is 290 g/mol. The summed E-state index contributed by atoms with van der Waals surface area (Å²) >= 11 is 1.68. The number of benzene rings is 2. The van der Waals surface area contributed by atoms with Crippen molar-refractivity contribution < 1.29 is 0 Å². The van der Waals surface area contributed by atoms with Crippen LogP contribution in [0.25, 0.3) is 16.2 Å². The Balaban J connectivity index is 1.87. The van der Waals surface area contributed by atoms with Gasteiger partial charge in [-0.2, -0.15) is 0 Å². The van der Waals surface area contributed by atoms with Gasteiger partial charge in [0.1, 0.15) is 0 Å². The lowest BCUT2D eigenvalue weighted by Crippen LogP contribution is -1.93. The lowest BCUT2D eigenvalue weighted by Gasteiger charge is -2.04. The Morgan fingerprint density at radius 2 is 1.62 bits per heavy atom. The van der Waals surface area contributed by atoms with Gasteiger partial charge in [0, 0.05) is 23.6 Å². The second-order valence-electron chi connectivity index (χ2n) is 4.99. The van der Waals surface area contributed by atoms with E-state index in [4.69, 9.17) is 4.98 Å². The Labute approximate surface area is 127 Å². The standard InChI is InChI=1S/C18H14N2S/c1-3-7-14(8-4-1)13-16-17(15-9-5-2-6-10-15)20-11-12-21-18(20)19-16/h1-12H,13H2. The first kappa shape index (κ1) is 12.4. The molecule has 0 bridgehead atoms. The molecule has 2 aromatic carbocycles. The van der Waals surface area contributed by atoms with E-state index in [2.05, 4.69) is 64.5 Å². The highest BCUT2D eigenvalue weighted by atomic mass is 32.1. The van der Waals surface area contributed by atoms with E-state index in [0.717, 1.165) is 17.1 Å². The van der Waals surface area contributed by atoms with Gasteiger partial charge in [0.25, 0.3) is 0 Å². The zero-order chi connectivity index (χ0) is 14.1. The molecule has 0 fully saturated rings. The quantitative estimate of drug-likeness (QED) is 0.536. The van der Waals surface area contributed by atoms with E-state index >= 15 is 0 Å². The van der Waals surface area contributed by atoms with Crippen LogP contribution in [0.1, 0.15) is 11.3 Å². The number of nitrogens with zero attached hydrogens (tertiary/aromatic N) is 2. The van der Waals surface area contributed by atoms with Crippen LogP contribution in [0.5, 0.6) is 0 Å². The van der Waals surface area contributed by atoms with Crippen molar-refractivity contribution in [2.24, 2.45) is 0 Å². The van der Waals surface area contributed by atoms with Crippen molar-refractivity contribution in [3.8, 4) is 11.3 Å². The van der Waals surface area contributed by atoms with Crippen molar-refractivity contribution in [2.75, 3.05) is 0 Å². The molecule has 0 radical (unpaired) electrons. The molecule has 0 atom stereocenters. The highest BCUT2D eigenvalue weighted by molar-refractivity contribution is 7.15. The van der Waals surface area contributed by atoms with E-state index in [9.17, 15) is 0 Å². The van der Waals surface area contributed by atoms with Gasteiger partial charge >= 0.3 is 0 Å². The number of aromatic nitrogens is 2. The van der Waals surface area contributed by atoms with Crippen LogP contribution >= 0.6 is 11.3 Å². The fraction of sp³-hybridized carbons (Fsp3) is 0.0556. The molecular formula is C18H14N2S. The first-order valence-electron chi connectivity index (χ1n) is 6.95. The molecule has 0 aliphatic carbocycles. The topological polar surface area (TPSA) is 17.3 Å².